The summed E-state index contributed by atoms with van der Waals surface area (Å²) < 4.78 is 5.35. The number of ether oxygens (including phenoxy) is 1. The van der Waals surface area contributed by atoms with Crippen molar-refractivity contribution in [3.05, 3.63) is 74.8 Å². The van der Waals surface area contributed by atoms with Crippen molar-refractivity contribution in [2.45, 2.75) is 25.8 Å². The topological polar surface area (TPSA) is 84.7 Å². The van der Waals surface area contributed by atoms with Crippen molar-refractivity contribution in [1.29, 1.82) is 0 Å². The second kappa shape index (κ2) is 6.42. The fourth-order valence-electron chi connectivity index (χ4n) is 3.87. The van der Waals surface area contributed by atoms with Gasteiger partial charge in [0.05, 0.1) is 17.7 Å². The molecule has 27 heavy (non-hydrogen) atoms. The van der Waals surface area contributed by atoms with Crippen molar-refractivity contribution in [3.8, 4) is 5.75 Å². The predicted molar refractivity (Wildman–Crippen MR) is 99.7 cm³/mol. The van der Waals surface area contributed by atoms with E-state index < -0.39 is 4.92 Å². The van der Waals surface area contributed by atoms with Gasteiger partial charge in [0.15, 0.2) is 0 Å². The molecular weight excluding hydrogens is 346 g/mol. The second-order valence-corrected chi connectivity index (χ2v) is 6.68. The summed E-state index contributed by atoms with van der Waals surface area (Å²) in [7, 11) is 1.62. The molecule has 4 rings (SSSR count). The lowest BCUT2D eigenvalue weighted by Gasteiger charge is -2.25. The monoisotopic (exact) mass is 365 g/mol. The number of fused-ring (bicyclic) bond motifs is 2. The highest BCUT2D eigenvalue weighted by molar-refractivity contribution is 5.82. The average Bonchev–Trinajstić information content (AvgIpc) is 3.08. The van der Waals surface area contributed by atoms with Crippen LogP contribution in [0.1, 0.15) is 36.1 Å². The number of carbonyl (C=O) groups excluding carboxylic acids is 1. The van der Waals surface area contributed by atoms with Gasteiger partial charge < -0.3 is 4.74 Å². The van der Waals surface area contributed by atoms with E-state index in [1.54, 1.807) is 24.3 Å². The molecule has 1 N–H and O–H groups in total. The van der Waals surface area contributed by atoms with Crippen LogP contribution in [0.2, 0.25) is 0 Å². The summed E-state index contributed by atoms with van der Waals surface area (Å²) in [6.07, 6.45) is 1.62. The van der Waals surface area contributed by atoms with Crippen molar-refractivity contribution in [2.75, 3.05) is 7.11 Å². The number of nitrogens with zero attached hydrogens (tertiary/aromatic N) is 2. The van der Waals surface area contributed by atoms with Gasteiger partial charge in [-0.15, -0.1) is 0 Å². The molecule has 7 nitrogen and oxygen atoms in total. The van der Waals surface area contributed by atoms with Crippen LogP contribution in [0.4, 0.5) is 5.69 Å². The minimum absolute atomic E-state index is 0.0166. The van der Waals surface area contributed by atoms with Crippen molar-refractivity contribution < 1.29 is 14.5 Å². The Bertz CT molecular complexity index is 983. The Kier molecular flexibility index (Phi) is 4.07. The fourth-order valence-corrected chi connectivity index (χ4v) is 3.87. The molecule has 0 saturated heterocycles. The zero-order valence-corrected chi connectivity index (χ0v) is 15.1. The Morgan fingerprint density at radius 3 is 2.78 bits per heavy atom. The Labute approximate surface area is 156 Å². The third-order valence-corrected chi connectivity index (χ3v) is 5.13. The van der Waals surface area contributed by atoms with E-state index >= 15 is 0 Å². The van der Waals surface area contributed by atoms with Crippen LogP contribution < -0.4 is 10.2 Å². The number of nitro groups is 1. The summed E-state index contributed by atoms with van der Waals surface area (Å²) in [4.78, 5) is 23.1. The molecule has 1 atom stereocenters. The standard InChI is InChI=1S/C20H19N3O4/c1-12(24)22-20(14-4-3-5-15(10-14)23(25)26)17-9-7-13-6-8-16(27-2)11-18(13)19(17)21-22/h3-6,8,10-11,20-21H,7,9H2,1-2H3/t20-/m0/s1. The highest BCUT2D eigenvalue weighted by atomic mass is 16.6. The summed E-state index contributed by atoms with van der Waals surface area (Å²) in [5.41, 5.74) is 8.12. The molecular formula is C20H19N3O4. The molecule has 138 valence electrons. The van der Waals surface area contributed by atoms with E-state index in [4.69, 9.17) is 4.74 Å². The first-order valence-corrected chi connectivity index (χ1v) is 8.70. The molecule has 2 aromatic rings. The SMILES string of the molecule is COc1ccc2c(c1)C1=C(CC2)[C@H](c2cccc([N+](=O)[O-])c2)N(C(C)=O)N1. The summed E-state index contributed by atoms with van der Waals surface area (Å²) in [6, 6.07) is 12.1. The predicted octanol–water partition coefficient (Wildman–Crippen LogP) is 3.37. The van der Waals surface area contributed by atoms with Gasteiger partial charge in [-0.1, -0.05) is 18.2 Å². The van der Waals surface area contributed by atoms with Crippen molar-refractivity contribution in [3.63, 3.8) is 0 Å². The van der Waals surface area contributed by atoms with Gasteiger partial charge >= 0.3 is 0 Å². The van der Waals surface area contributed by atoms with Crippen LogP contribution in [-0.4, -0.2) is 22.9 Å². The lowest BCUT2D eigenvalue weighted by atomic mass is 9.85. The molecule has 0 saturated carbocycles. The van der Waals surface area contributed by atoms with Crippen molar-refractivity contribution >= 4 is 17.3 Å². The molecule has 1 heterocycles. The van der Waals surface area contributed by atoms with Crippen LogP contribution in [0.3, 0.4) is 0 Å². The number of hydrazine groups is 1. The van der Waals surface area contributed by atoms with Crippen molar-refractivity contribution in [2.24, 2.45) is 0 Å². The van der Waals surface area contributed by atoms with E-state index in [0.717, 1.165) is 41.0 Å². The van der Waals surface area contributed by atoms with Crippen LogP contribution in [0.5, 0.6) is 5.75 Å². The highest BCUT2D eigenvalue weighted by Crippen LogP contribution is 2.45. The van der Waals surface area contributed by atoms with Gasteiger partial charge in [0, 0.05) is 24.6 Å². The van der Waals surface area contributed by atoms with Crippen LogP contribution in [-0.2, 0) is 11.2 Å². The molecule has 0 unspecified atom stereocenters. The molecule has 1 aliphatic carbocycles. The van der Waals surface area contributed by atoms with E-state index in [0.29, 0.717) is 0 Å². The van der Waals surface area contributed by atoms with Crippen LogP contribution in [0.25, 0.3) is 5.70 Å². The summed E-state index contributed by atoms with van der Waals surface area (Å²) in [5, 5.41) is 12.7. The number of benzene rings is 2. The Morgan fingerprint density at radius 2 is 2.07 bits per heavy atom. The number of hydrogen-bond donors (Lipinski definition) is 1. The van der Waals surface area contributed by atoms with Crippen molar-refractivity contribution in [1.82, 2.24) is 10.4 Å². The van der Waals surface area contributed by atoms with E-state index in [1.807, 2.05) is 24.3 Å². The van der Waals surface area contributed by atoms with Gasteiger partial charge in [-0.2, -0.15) is 0 Å². The largest absolute Gasteiger partial charge is 0.497 e. The highest BCUT2D eigenvalue weighted by Gasteiger charge is 2.38. The third-order valence-electron chi connectivity index (χ3n) is 5.13. The number of carbonyl (C=O) groups is 1. The molecule has 7 heteroatoms. The van der Waals surface area contributed by atoms with Gasteiger partial charge in [-0.05, 0) is 41.7 Å². The number of rotatable bonds is 3. The van der Waals surface area contributed by atoms with Gasteiger partial charge in [0.1, 0.15) is 11.8 Å². The zero-order valence-electron chi connectivity index (χ0n) is 15.1. The quantitative estimate of drug-likeness (QED) is 0.666. The first-order valence-electron chi connectivity index (χ1n) is 8.70. The van der Waals surface area contributed by atoms with Gasteiger partial charge in [0.2, 0.25) is 5.91 Å². The maximum atomic E-state index is 12.3. The number of non-ortho nitro benzene ring substituents is 1. The maximum absolute atomic E-state index is 12.3. The van der Waals surface area contributed by atoms with Crippen LogP contribution in [0.15, 0.2) is 48.0 Å². The van der Waals surface area contributed by atoms with E-state index in [9.17, 15) is 14.9 Å². The van der Waals surface area contributed by atoms with Gasteiger partial charge in [0.25, 0.3) is 5.69 Å². The summed E-state index contributed by atoms with van der Waals surface area (Å²) in [5.74, 6) is 0.600. The smallest absolute Gasteiger partial charge is 0.269 e. The normalized spacial score (nSPS) is 17.9. The molecule has 1 amide bonds. The lowest BCUT2D eigenvalue weighted by molar-refractivity contribution is -0.384. The van der Waals surface area contributed by atoms with Crippen LogP contribution >= 0.6 is 0 Å². The molecule has 0 spiro atoms. The maximum Gasteiger partial charge on any atom is 0.269 e. The number of hydrogen-bond acceptors (Lipinski definition) is 5. The first-order chi connectivity index (χ1) is 13.0. The minimum atomic E-state index is -0.416. The molecule has 0 aromatic heterocycles. The van der Waals surface area contributed by atoms with E-state index in [2.05, 4.69) is 5.43 Å². The molecule has 2 aliphatic rings. The number of aryl methyl sites for hydroxylation is 1. The lowest BCUT2D eigenvalue weighted by Crippen LogP contribution is -2.38. The number of methoxy groups -OCH3 is 1. The first kappa shape index (κ1) is 17.1. The number of nitrogens with one attached hydrogen (secondary N) is 1. The van der Waals surface area contributed by atoms with Crippen LogP contribution in [0, 0.1) is 10.1 Å². The number of amides is 1. The Hall–Kier alpha value is -3.35. The average molecular weight is 365 g/mol. The molecule has 0 fully saturated rings. The molecule has 0 bridgehead atoms. The number of nitro benzene ring substituents is 1. The van der Waals surface area contributed by atoms with Gasteiger partial charge in [-0.25, -0.2) is 5.01 Å². The molecule has 0 radical (unpaired) electrons. The Balaban J connectivity index is 1.85. The second-order valence-electron chi connectivity index (χ2n) is 6.68. The fraction of sp³-hybridized carbons (Fsp3) is 0.250. The third kappa shape index (κ3) is 2.81. The minimum Gasteiger partial charge on any atom is -0.497 e. The van der Waals surface area contributed by atoms with E-state index in [-0.39, 0.29) is 17.6 Å². The molecule has 2 aromatic carbocycles. The summed E-state index contributed by atoms with van der Waals surface area (Å²) >= 11 is 0. The van der Waals surface area contributed by atoms with E-state index in [1.165, 1.54) is 18.6 Å². The zero-order chi connectivity index (χ0) is 19.1. The van der Waals surface area contributed by atoms with Gasteiger partial charge in [-0.3, -0.25) is 20.3 Å². The Morgan fingerprint density at radius 1 is 1.26 bits per heavy atom. The summed E-state index contributed by atoms with van der Waals surface area (Å²) in [6.45, 7) is 1.49. The molecule has 1 aliphatic heterocycles.